The maximum atomic E-state index is 12.3. The number of hydrogen-bond donors (Lipinski definition) is 1. The zero-order valence-corrected chi connectivity index (χ0v) is 19.5. The summed E-state index contributed by atoms with van der Waals surface area (Å²) in [7, 11) is 0. The highest BCUT2D eigenvalue weighted by Crippen LogP contribution is 2.46. The lowest BCUT2D eigenvalue weighted by Crippen LogP contribution is -2.62. The van der Waals surface area contributed by atoms with Crippen LogP contribution in [0.1, 0.15) is 26.5 Å². The minimum absolute atomic E-state index is 0.0718. The van der Waals surface area contributed by atoms with Crippen LogP contribution in [0.5, 0.6) is 0 Å². The summed E-state index contributed by atoms with van der Waals surface area (Å²) in [6.45, 7) is 3.56. The number of thioether (sulfide) groups is 1. The number of carbonyl (C=O) groups is 3. The van der Waals surface area contributed by atoms with Crippen LogP contribution in [0.4, 0.5) is 0 Å². The number of hydrogen-bond acceptors (Lipinski definition) is 10. The SMILES string of the molecule is CC(=O)O[C@@H]1CS[C@@H](O)[C@H](OC(C)=O)[C@]1(OC(C)=O)c1cccc(-c2cc3ccccc3o2)n1. The molecule has 3 heterocycles. The molecule has 1 saturated heterocycles. The Kier molecular flexibility index (Phi) is 6.63. The number of aromatic nitrogens is 1. The van der Waals surface area contributed by atoms with Gasteiger partial charge in [-0.2, -0.15) is 0 Å². The van der Waals surface area contributed by atoms with Crippen LogP contribution in [0.15, 0.2) is 52.9 Å². The molecule has 2 aromatic heterocycles. The molecule has 0 bridgehead atoms. The lowest BCUT2D eigenvalue weighted by atomic mass is 9.85. The summed E-state index contributed by atoms with van der Waals surface area (Å²) in [6, 6.07) is 14.2. The molecule has 4 atom stereocenters. The molecule has 1 aliphatic heterocycles. The highest BCUT2D eigenvalue weighted by Gasteiger charge is 2.61. The monoisotopic (exact) mass is 485 g/mol. The third kappa shape index (κ3) is 4.51. The Balaban J connectivity index is 1.91. The van der Waals surface area contributed by atoms with E-state index < -0.39 is 41.2 Å². The summed E-state index contributed by atoms with van der Waals surface area (Å²) >= 11 is 1.01. The summed E-state index contributed by atoms with van der Waals surface area (Å²) < 4.78 is 22.6. The maximum Gasteiger partial charge on any atom is 0.303 e. The van der Waals surface area contributed by atoms with Gasteiger partial charge in [0.2, 0.25) is 5.60 Å². The number of furan rings is 1. The van der Waals surface area contributed by atoms with E-state index in [1.54, 1.807) is 18.2 Å². The molecule has 0 unspecified atom stereocenters. The van der Waals surface area contributed by atoms with Crippen LogP contribution < -0.4 is 0 Å². The van der Waals surface area contributed by atoms with E-state index >= 15 is 0 Å². The number of para-hydroxylation sites is 1. The minimum atomic E-state index is -1.89. The largest absolute Gasteiger partial charge is 0.457 e. The summed E-state index contributed by atoms with van der Waals surface area (Å²) in [5.74, 6) is -1.54. The van der Waals surface area contributed by atoms with E-state index in [0.29, 0.717) is 17.0 Å². The second-order valence-electron chi connectivity index (χ2n) is 7.80. The molecule has 1 fully saturated rings. The van der Waals surface area contributed by atoms with Gasteiger partial charge in [0.05, 0.1) is 5.69 Å². The van der Waals surface area contributed by atoms with Crippen molar-refractivity contribution in [1.29, 1.82) is 0 Å². The number of fused-ring (bicyclic) bond motifs is 1. The van der Waals surface area contributed by atoms with E-state index in [2.05, 4.69) is 4.98 Å². The van der Waals surface area contributed by atoms with Gasteiger partial charge in [-0.3, -0.25) is 14.4 Å². The molecule has 0 saturated carbocycles. The van der Waals surface area contributed by atoms with Gasteiger partial charge in [0.15, 0.2) is 18.0 Å². The first-order valence-electron chi connectivity index (χ1n) is 10.5. The molecule has 10 heteroatoms. The van der Waals surface area contributed by atoms with Gasteiger partial charge in [0.25, 0.3) is 0 Å². The first kappa shape index (κ1) is 23.8. The number of rotatable bonds is 5. The number of aliphatic hydroxyl groups is 1. The van der Waals surface area contributed by atoms with E-state index in [-0.39, 0.29) is 11.4 Å². The van der Waals surface area contributed by atoms with Gasteiger partial charge >= 0.3 is 17.9 Å². The van der Waals surface area contributed by atoms with Gasteiger partial charge in [-0.05, 0) is 24.3 Å². The van der Waals surface area contributed by atoms with Gasteiger partial charge in [0.1, 0.15) is 16.7 Å². The Labute approximate surface area is 199 Å². The van der Waals surface area contributed by atoms with Gasteiger partial charge in [0, 0.05) is 31.9 Å². The standard InChI is InChI=1S/C24H23NO8S/c1-13(26)30-21-12-34-23(29)22(31-14(2)27)24(21,33-15(3)28)20-10-6-8-17(25-20)19-11-16-7-4-5-9-18(16)32-19/h4-11,21-23,29H,12H2,1-3H3/t21-,22+,23-,24+/m1/s1. The van der Waals surface area contributed by atoms with Crippen molar-refractivity contribution >= 4 is 40.6 Å². The molecule has 34 heavy (non-hydrogen) atoms. The zero-order chi connectivity index (χ0) is 24.5. The van der Waals surface area contributed by atoms with Gasteiger partial charge in [-0.1, -0.05) is 24.3 Å². The highest BCUT2D eigenvalue weighted by molar-refractivity contribution is 7.99. The van der Waals surface area contributed by atoms with Crippen LogP contribution in [0.25, 0.3) is 22.4 Å². The third-order valence-corrected chi connectivity index (χ3v) is 6.40. The maximum absolute atomic E-state index is 12.3. The molecular weight excluding hydrogens is 462 g/mol. The summed E-state index contributed by atoms with van der Waals surface area (Å²) in [5.41, 5.74) is -1.95. The summed E-state index contributed by atoms with van der Waals surface area (Å²) in [5, 5.41) is 11.6. The van der Waals surface area contributed by atoms with Crippen LogP contribution in [-0.4, -0.2) is 51.4 Å². The number of pyridine rings is 1. The minimum Gasteiger partial charge on any atom is -0.457 e. The average molecular weight is 486 g/mol. The molecule has 1 aliphatic rings. The van der Waals surface area contributed by atoms with Gasteiger partial charge in [-0.25, -0.2) is 4.98 Å². The van der Waals surface area contributed by atoms with Crippen LogP contribution >= 0.6 is 11.8 Å². The first-order chi connectivity index (χ1) is 16.2. The Morgan fingerprint density at radius 3 is 2.44 bits per heavy atom. The Hall–Kier alpha value is -3.37. The molecule has 0 amide bonds. The molecule has 4 rings (SSSR count). The second-order valence-corrected chi connectivity index (χ2v) is 8.94. The predicted molar refractivity (Wildman–Crippen MR) is 122 cm³/mol. The number of ether oxygens (including phenoxy) is 3. The molecule has 178 valence electrons. The fourth-order valence-corrected chi connectivity index (χ4v) is 5.18. The number of nitrogens with zero attached hydrogens (tertiary/aromatic N) is 1. The van der Waals surface area contributed by atoms with Gasteiger partial charge < -0.3 is 23.7 Å². The molecule has 3 aromatic rings. The lowest BCUT2D eigenvalue weighted by Gasteiger charge is -2.47. The zero-order valence-electron chi connectivity index (χ0n) is 18.7. The fraction of sp³-hybridized carbons (Fsp3) is 0.333. The third-order valence-electron chi connectivity index (χ3n) is 5.32. The summed E-state index contributed by atoms with van der Waals surface area (Å²) in [6.07, 6.45) is -2.49. The molecular formula is C24H23NO8S. The second kappa shape index (κ2) is 9.47. The van der Waals surface area contributed by atoms with E-state index in [9.17, 15) is 19.5 Å². The van der Waals surface area contributed by atoms with Crippen molar-refractivity contribution in [3.05, 3.63) is 54.2 Å². The Morgan fingerprint density at radius 2 is 1.76 bits per heavy atom. The average Bonchev–Trinajstić information content (AvgIpc) is 3.22. The van der Waals surface area contributed by atoms with Crippen molar-refractivity contribution in [3.8, 4) is 11.5 Å². The van der Waals surface area contributed by atoms with Crippen molar-refractivity contribution < 1.29 is 38.1 Å². The van der Waals surface area contributed by atoms with Crippen LogP contribution in [0.2, 0.25) is 0 Å². The van der Waals surface area contributed by atoms with Crippen molar-refractivity contribution in [2.24, 2.45) is 0 Å². The topological polar surface area (TPSA) is 125 Å². The van der Waals surface area contributed by atoms with E-state index in [0.717, 1.165) is 17.1 Å². The molecule has 0 radical (unpaired) electrons. The number of benzene rings is 1. The highest BCUT2D eigenvalue weighted by atomic mass is 32.2. The number of carbonyl (C=O) groups excluding carboxylic acids is 3. The van der Waals surface area contributed by atoms with Crippen LogP contribution in [0.3, 0.4) is 0 Å². The van der Waals surface area contributed by atoms with Crippen molar-refractivity contribution in [3.63, 3.8) is 0 Å². The molecule has 1 N–H and O–H groups in total. The molecule has 1 aromatic carbocycles. The molecule has 0 spiro atoms. The van der Waals surface area contributed by atoms with Crippen molar-refractivity contribution in [2.75, 3.05) is 5.75 Å². The predicted octanol–water partition coefficient (Wildman–Crippen LogP) is 3.18. The smallest absolute Gasteiger partial charge is 0.303 e. The number of esters is 3. The normalized spacial score (nSPS) is 24.4. The van der Waals surface area contributed by atoms with Crippen molar-refractivity contribution in [1.82, 2.24) is 4.98 Å². The molecule has 9 nitrogen and oxygen atoms in total. The van der Waals surface area contributed by atoms with Crippen molar-refractivity contribution in [2.45, 2.75) is 44.0 Å². The van der Waals surface area contributed by atoms with Crippen LogP contribution in [0, 0.1) is 0 Å². The Bertz CT molecular complexity index is 1210. The Morgan fingerprint density at radius 1 is 1.03 bits per heavy atom. The lowest BCUT2D eigenvalue weighted by molar-refractivity contribution is -0.224. The first-order valence-corrected chi connectivity index (χ1v) is 11.6. The van der Waals surface area contributed by atoms with E-state index in [4.69, 9.17) is 18.6 Å². The van der Waals surface area contributed by atoms with Crippen LogP contribution in [-0.2, 0) is 34.2 Å². The summed E-state index contributed by atoms with van der Waals surface area (Å²) in [4.78, 5) is 40.8. The van der Waals surface area contributed by atoms with E-state index in [1.165, 1.54) is 20.8 Å². The quantitative estimate of drug-likeness (QED) is 0.425. The van der Waals surface area contributed by atoms with E-state index in [1.807, 2.05) is 30.3 Å². The number of aliphatic hydroxyl groups excluding tert-OH is 1. The molecule has 0 aliphatic carbocycles. The van der Waals surface area contributed by atoms with Gasteiger partial charge in [-0.15, -0.1) is 11.8 Å². The fourth-order valence-electron chi connectivity index (χ4n) is 4.06.